The molecular formula is C9H16N2O4S. The number of nitriles is 1. The molecule has 16 heavy (non-hydrogen) atoms. The average Bonchev–Trinajstić information content (AvgIpc) is 2.25. The van der Waals surface area contributed by atoms with Crippen LogP contribution in [0.1, 0.15) is 19.8 Å². The first kappa shape index (κ1) is 14.9. The van der Waals surface area contributed by atoms with Crippen molar-refractivity contribution in [2.75, 3.05) is 19.9 Å². The fourth-order valence-electron chi connectivity index (χ4n) is 0.993. The molecule has 1 atom stereocenters. The highest BCUT2D eigenvalue weighted by molar-refractivity contribution is 7.89. The zero-order valence-corrected chi connectivity index (χ0v) is 10.5. The van der Waals surface area contributed by atoms with E-state index in [-0.39, 0.29) is 18.6 Å². The number of hydrogen-bond donors (Lipinski definition) is 0. The van der Waals surface area contributed by atoms with E-state index in [0.29, 0.717) is 0 Å². The summed E-state index contributed by atoms with van der Waals surface area (Å²) >= 11 is 0. The Labute approximate surface area is 95.8 Å². The lowest BCUT2D eigenvalue weighted by Crippen LogP contribution is -2.37. The first-order valence-electron chi connectivity index (χ1n) is 4.74. The van der Waals surface area contributed by atoms with Gasteiger partial charge in [0.05, 0.1) is 31.8 Å². The molecule has 0 aromatic carbocycles. The standard InChI is InChI=1S/C9H16N2O4S/c1-8(4-6-10)11(2)16(13,14)7-5-9(12)15-3/h8H,4-5,7H2,1-3H3. The van der Waals surface area contributed by atoms with Crippen molar-refractivity contribution in [3.05, 3.63) is 0 Å². The predicted octanol–water partition coefficient (Wildman–Crippen LogP) is 0.113. The molecule has 0 aliphatic rings. The zero-order chi connectivity index (χ0) is 12.8. The third-order valence-electron chi connectivity index (χ3n) is 2.24. The lowest BCUT2D eigenvalue weighted by atomic mass is 10.3. The van der Waals surface area contributed by atoms with Gasteiger partial charge in [0, 0.05) is 13.1 Å². The molecule has 0 saturated heterocycles. The number of ether oxygens (including phenoxy) is 1. The van der Waals surface area contributed by atoms with Gasteiger partial charge in [-0.2, -0.15) is 5.26 Å². The highest BCUT2D eigenvalue weighted by atomic mass is 32.2. The van der Waals surface area contributed by atoms with E-state index in [1.807, 2.05) is 6.07 Å². The minimum atomic E-state index is -3.51. The largest absolute Gasteiger partial charge is 0.469 e. The molecule has 0 rings (SSSR count). The van der Waals surface area contributed by atoms with E-state index in [9.17, 15) is 13.2 Å². The van der Waals surface area contributed by atoms with Gasteiger partial charge in [0.15, 0.2) is 0 Å². The fourth-order valence-corrected chi connectivity index (χ4v) is 2.33. The summed E-state index contributed by atoms with van der Waals surface area (Å²) < 4.78 is 28.8. The van der Waals surface area contributed by atoms with Crippen LogP contribution in [0.4, 0.5) is 0 Å². The van der Waals surface area contributed by atoms with E-state index in [4.69, 9.17) is 5.26 Å². The van der Waals surface area contributed by atoms with Gasteiger partial charge in [-0.1, -0.05) is 0 Å². The van der Waals surface area contributed by atoms with Crippen LogP contribution in [-0.4, -0.2) is 44.6 Å². The molecule has 0 N–H and O–H groups in total. The summed E-state index contributed by atoms with van der Waals surface area (Å²) in [7, 11) is -0.903. The minimum absolute atomic E-state index is 0.119. The summed E-state index contributed by atoms with van der Waals surface area (Å²) in [6.45, 7) is 1.64. The Morgan fingerprint density at radius 3 is 2.56 bits per heavy atom. The Bertz CT molecular complexity index is 371. The van der Waals surface area contributed by atoms with Gasteiger partial charge < -0.3 is 4.74 Å². The molecule has 0 fully saturated rings. The molecule has 1 unspecified atom stereocenters. The van der Waals surface area contributed by atoms with Gasteiger partial charge in [-0.3, -0.25) is 4.79 Å². The van der Waals surface area contributed by atoms with Crippen molar-refractivity contribution in [2.24, 2.45) is 0 Å². The van der Waals surface area contributed by atoms with Crippen molar-refractivity contribution in [2.45, 2.75) is 25.8 Å². The Balaban J connectivity index is 4.44. The van der Waals surface area contributed by atoms with Crippen LogP contribution in [0.25, 0.3) is 0 Å². The Hall–Kier alpha value is -1.13. The lowest BCUT2D eigenvalue weighted by Gasteiger charge is -2.21. The summed E-state index contributed by atoms with van der Waals surface area (Å²) in [5.74, 6) is -0.865. The second-order valence-corrected chi connectivity index (χ2v) is 5.52. The number of nitrogens with zero attached hydrogens (tertiary/aromatic N) is 2. The summed E-state index contributed by atoms with van der Waals surface area (Å²) in [4.78, 5) is 10.8. The van der Waals surface area contributed by atoms with E-state index in [0.717, 1.165) is 4.31 Å². The van der Waals surface area contributed by atoms with Crippen molar-refractivity contribution in [3.63, 3.8) is 0 Å². The van der Waals surface area contributed by atoms with Gasteiger partial charge in [-0.05, 0) is 6.92 Å². The van der Waals surface area contributed by atoms with Crippen LogP contribution >= 0.6 is 0 Å². The zero-order valence-electron chi connectivity index (χ0n) is 9.63. The smallest absolute Gasteiger partial charge is 0.306 e. The molecule has 7 heteroatoms. The first-order valence-corrected chi connectivity index (χ1v) is 6.35. The van der Waals surface area contributed by atoms with E-state index in [1.165, 1.54) is 14.2 Å². The van der Waals surface area contributed by atoms with E-state index >= 15 is 0 Å². The number of carbonyl (C=O) groups is 1. The molecule has 0 heterocycles. The van der Waals surface area contributed by atoms with Gasteiger partial charge in [-0.15, -0.1) is 0 Å². The van der Waals surface area contributed by atoms with Crippen LogP contribution in [0.15, 0.2) is 0 Å². The number of rotatable bonds is 6. The number of hydrogen-bond acceptors (Lipinski definition) is 5. The molecule has 0 aliphatic heterocycles. The Morgan fingerprint density at radius 2 is 2.12 bits per heavy atom. The van der Waals surface area contributed by atoms with Gasteiger partial charge in [0.25, 0.3) is 0 Å². The second-order valence-electron chi connectivity index (χ2n) is 3.37. The topological polar surface area (TPSA) is 87.5 Å². The van der Waals surface area contributed by atoms with E-state index in [2.05, 4.69) is 4.74 Å². The van der Waals surface area contributed by atoms with Gasteiger partial charge in [0.2, 0.25) is 10.0 Å². The molecule has 0 bridgehead atoms. The summed E-state index contributed by atoms with van der Waals surface area (Å²) in [6.07, 6.45) is -0.0591. The quantitative estimate of drug-likeness (QED) is 0.623. The molecule has 6 nitrogen and oxygen atoms in total. The molecular weight excluding hydrogens is 232 g/mol. The summed E-state index contributed by atoms with van der Waals surface area (Å²) in [5, 5.41) is 8.46. The maximum Gasteiger partial charge on any atom is 0.306 e. The van der Waals surface area contributed by atoms with Crippen LogP contribution in [0.5, 0.6) is 0 Å². The third-order valence-corrected chi connectivity index (χ3v) is 4.20. The van der Waals surface area contributed by atoms with E-state index < -0.39 is 22.0 Å². The highest BCUT2D eigenvalue weighted by Crippen LogP contribution is 2.08. The number of carbonyl (C=O) groups excluding carboxylic acids is 1. The van der Waals surface area contributed by atoms with Crippen LogP contribution < -0.4 is 0 Å². The maximum atomic E-state index is 11.7. The van der Waals surface area contributed by atoms with Crippen molar-refractivity contribution >= 4 is 16.0 Å². The van der Waals surface area contributed by atoms with Gasteiger partial charge in [-0.25, -0.2) is 12.7 Å². The second kappa shape index (κ2) is 6.45. The molecule has 0 aliphatic carbocycles. The minimum Gasteiger partial charge on any atom is -0.469 e. The predicted molar refractivity (Wildman–Crippen MR) is 57.9 cm³/mol. The molecule has 0 saturated carbocycles. The summed E-state index contributed by atoms with van der Waals surface area (Å²) in [6, 6.07) is 1.50. The van der Waals surface area contributed by atoms with Gasteiger partial charge in [0.1, 0.15) is 0 Å². The molecule has 0 radical (unpaired) electrons. The van der Waals surface area contributed by atoms with Crippen LogP contribution in [0.2, 0.25) is 0 Å². The van der Waals surface area contributed by atoms with Crippen molar-refractivity contribution < 1.29 is 17.9 Å². The molecule has 0 amide bonds. The Kier molecular flexibility index (Phi) is 6.00. The average molecular weight is 248 g/mol. The van der Waals surface area contributed by atoms with Gasteiger partial charge >= 0.3 is 5.97 Å². The van der Waals surface area contributed by atoms with Crippen molar-refractivity contribution in [1.29, 1.82) is 5.26 Å². The molecule has 0 aromatic heterocycles. The third kappa shape index (κ3) is 4.59. The molecule has 0 aromatic rings. The Morgan fingerprint density at radius 1 is 1.56 bits per heavy atom. The monoisotopic (exact) mass is 248 g/mol. The lowest BCUT2D eigenvalue weighted by molar-refractivity contribution is -0.140. The van der Waals surface area contributed by atoms with E-state index in [1.54, 1.807) is 6.92 Å². The van der Waals surface area contributed by atoms with Crippen LogP contribution in [0, 0.1) is 11.3 Å². The number of methoxy groups -OCH3 is 1. The first-order chi connectivity index (χ1) is 7.35. The maximum absolute atomic E-state index is 11.7. The number of sulfonamides is 1. The van der Waals surface area contributed by atoms with Crippen molar-refractivity contribution in [1.82, 2.24) is 4.31 Å². The normalized spacial score (nSPS) is 13.2. The summed E-state index contributed by atoms with van der Waals surface area (Å²) in [5.41, 5.74) is 0. The number of esters is 1. The highest BCUT2D eigenvalue weighted by Gasteiger charge is 2.23. The van der Waals surface area contributed by atoms with Crippen molar-refractivity contribution in [3.8, 4) is 6.07 Å². The van der Waals surface area contributed by atoms with Crippen LogP contribution in [-0.2, 0) is 19.6 Å². The SMILES string of the molecule is COC(=O)CCS(=O)(=O)N(C)C(C)CC#N. The van der Waals surface area contributed by atoms with Crippen LogP contribution in [0.3, 0.4) is 0 Å². The fraction of sp³-hybridized carbons (Fsp3) is 0.778. The molecule has 0 spiro atoms. The molecule has 92 valence electrons.